The highest BCUT2D eigenvalue weighted by Crippen LogP contribution is 2.33. The molecule has 0 amide bonds. The molecule has 0 spiro atoms. The average molecular weight is 188 g/mol. The van der Waals surface area contributed by atoms with Gasteiger partial charge in [-0.2, -0.15) is 13.2 Å². The highest BCUT2D eigenvalue weighted by molar-refractivity contribution is 5.65. The third-order valence-electron chi connectivity index (χ3n) is 1.14. The van der Waals surface area contributed by atoms with E-state index < -0.39 is 24.4 Å². The van der Waals surface area contributed by atoms with E-state index in [-0.39, 0.29) is 0 Å². The van der Waals surface area contributed by atoms with E-state index in [2.05, 4.69) is 4.74 Å². The quantitative estimate of drug-likeness (QED) is 0.488. The molecular formula is C6H8F4O2. The molecule has 12 heavy (non-hydrogen) atoms. The highest BCUT2D eigenvalue weighted by Gasteiger charge is 2.53. The molecule has 1 atom stereocenters. The van der Waals surface area contributed by atoms with Gasteiger partial charge in [-0.1, -0.05) is 0 Å². The van der Waals surface area contributed by atoms with Crippen molar-refractivity contribution in [2.45, 2.75) is 25.7 Å². The van der Waals surface area contributed by atoms with Gasteiger partial charge in [-0.25, -0.2) is 4.39 Å². The van der Waals surface area contributed by atoms with Gasteiger partial charge in [0.1, 0.15) is 6.61 Å². The van der Waals surface area contributed by atoms with Crippen molar-refractivity contribution in [1.82, 2.24) is 0 Å². The van der Waals surface area contributed by atoms with Crippen LogP contribution in [0.2, 0.25) is 0 Å². The minimum Gasteiger partial charge on any atom is -0.462 e. The summed E-state index contributed by atoms with van der Waals surface area (Å²) in [4.78, 5) is 10.1. The molecule has 0 rings (SSSR count). The Hall–Kier alpha value is -0.810. The zero-order chi connectivity index (χ0) is 9.99. The number of halogens is 4. The van der Waals surface area contributed by atoms with Crippen LogP contribution in [0.5, 0.6) is 0 Å². The fourth-order valence-electron chi connectivity index (χ4n) is 0.319. The van der Waals surface area contributed by atoms with Crippen molar-refractivity contribution in [3.63, 3.8) is 0 Å². The molecule has 1 unspecified atom stereocenters. The van der Waals surface area contributed by atoms with E-state index in [1.807, 2.05) is 0 Å². The summed E-state index contributed by atoms with van der Waals surface area (Å²) in [5.41, 5.74) is -3.47. The Morgan fingerprint density at radius 3 is 2.00 bits per heavy atom. The Labute approximate surface area is 66.5 Å². The van der Waals surface area contributed by atoms with E-state index in [4.69, 9.17) is 0 Å². The van der Waals surface area contributed by atoms with Gasteiger partial charge in [0.2, 0.25) is 5.67 Å². The highest BCUT2D eigenvalue weighted by atomic mass is 19.4. The van der Waals surface area contributed by atoms with Gasteiger partial charge in [-0.15, -0.1) is 0 Å². The molecule has 0 fully saturated rings. The second kappa shape index (κ2) is 3.28. The fourth-order valence-corrected chi connectivity index (χ4v) is 0.319. The molecule has 6 heteroatoms. The van der Waals surface area contributed by atoms with Crippen molar-refractivity contribution in [3.8, 4) is 0 Å². The number of carbonyl (C=O) groups excluding carboxylic acids is 1. The summed E-state index contributed by atoms with van der Waals surface area (Å²) in [5, 5.41) is 0. The summed E-state index contributed by atoms with van der Waals surface area (Å²) < 4.78 is 51.6. The number of alkyl halides is 4. The maximum absolute atomic E-state index is 12.6. The summed E-state index contributed by atoms with van der Waals surface area (Å²) in [6.45, 7) is -0.0752. The number of carbonyl (C=O) groups is 1. The van der Waals surface area contributed by atoms with Crippen molar-refractivity contribution < 1.29 is 27.1 Å². The molecule has 0 aliphatic rings. The van der Waals surface area contributed by atoms with E-state index in [9.17, 15) is 22.4 Å². The predicted octanol–water partition coefficient (Wildman–Crippen LogP) is 1.84. The lowest BCUT2D eigenvalue weighted by Gasteiger charge is -2.22. The first-order valence-corrected chi connectivity index (χ1v) is 3.06. The van der Waals surface area contributed by atoms with Gasteiger partial charge < -0.3 is 4.74 Å². The maximum Gasteiger partial charge on any atom is 0.425 e. The molecule has 72 valence electrons. The lowest BCUT2D eigenvalue weighted by molar-refractivity contribution is -0.237. The molecule has 2 nitrogen and oxygen atoms in total. The first-order chi connectivity index (χ1) is 5.17. The number of rotatable bonds is 2. The SMILES string of the molecule is CC(=O)OCC(C)(F)C(F)(F)F. The number of hydrogen-bond donors (Lipinski definition) is 0. The third-order valence-corrected chi connectivity index (χ3v) is 1.14. The smallest absolute Gasteiger partial charge is 0.425 e. The Kier molecular flexibility index (Phi) is 3.06. The molecule has 0 aliphatic carbocycles. The first-order valence-electron chi connectivity index (χ1n) is 3.06. The molecule has 0 radical (unpaired) electrons. The van der Waals surface area contributed by atoms with E-state index >= 15 is 0 Å². The largest absolute Gasteiger partial charge is 0.462 e. The summed E-state index contributed by atoms with van der Waals surface area (Å²) in [5.74, 6) is -0.942. The molecule has 0 bridgehead atoms. The van der Waals surface area contributed by atoms with Crippen LogP contribution in [0.3, 0.4) is 0 Å². The molecule has 0 heterocycles. The van der Waals surface area contributed by atoms with Gasteiger partial charge in [0.15, 0.2) is 0 Å². The zero-order valence-corrected chi connectivity index (χ0v) is 6.54. The molecule has 0 aliphatic heterocycles. The summed E-state index contributed by atoms with van der Waals surface area (Å²) in [6, 6.07) is 0. The monoisotopic (exact) mass is 188 g/mol. The van der Waals surface area contributed by atoms with E-state index in [0.717, 1.165) is 6.92 Å². The fraction of sp³-hybridized carbons (Fsp3) is 0.833. The Bertz CT molecular complexity index is 173. The van der Waals surface area contributed by atoms with Crippen molar-refractivity contribution in [3.05, 3.63) is 0 Å². The Morgan fingerprint density at radius 2 is 1.75 bits per heavy atom. The summed E-state index contributed by atoms with van der Waals surface area (Å²) in [6.07, 6.45) is -5.01. The Balaban J connectivity index is 4.14. The van der Waals surface area contributed by atoms with Crippen LogP contribution in [0.25, 0.3) is 0 Å². The third kappa shape index (κ3) is 3.06. The molecule has 0 saturated carbocycles. The van der Waals surface area contributed by atoms with E-state index in [0.29, 0.717) is 6.92 Å². The van der Waals surface area contributed by atoms with Crippen LogP contribution >= 0.6 is 0 Å². The minimum absolute atomic E-state index is 0.315. The zero-order valence-electron chi connectivity index (χ0n) is 6.54. The normalized spacial score (nSPS) is 16.8. The lowest BCUT2D eigenvalue weighted by Crippen LogP contribution is -2.42. The first kappa shape index (κ1) is 11.2. The molecule has 0 aromatic heterocycles. The molecular weight excluding hydrogens is 180 g/mol. The van der Waals surface area contributed by atoms with Crippen LogP contribution in [0.1, 0.15) is 13.8 Å². The van der Waals surface area contributed by atoms with Gasteiger partial charge in [0.25, 0.3) is 0 Å². The van der Waals surface area contributed by atoms with Gasteiger partial charge in [-0.3, -0.25) is 4.79 Å². The van der Waals surface area contributed by atoms with E-state index in [1.54, 1.807) is 0 Å². The molecule has 0 aromatic carbocycles. The average Bonchev–Trinajstić information content (AvgIpc) is 1.81. The number of ether oxygens (including phenoxy) is 1. The van der Waals surface area contributed by atoms with Crippen LogP contribution in [-0.2, 0) is 9.53 Å². The lowest BCUT2D eigenvalue weighted by atomic mass is 10.1. The topological polar surface area (TPSA) is 26.3 Å². The van der Waals surface area contributed by atoms with Gasteiger partial charge in [-0.05, 0) is 6.92 Å². The van der Waals surface area contributed by atoms with Crippen molar-refractivity contribution >= 4 is 5.97 Å². The van der Waals surface area contributed by atoms with Gasteiger partial charge >= 0.3 is 12.1 Å². The number of esters is 1. The van der Waals surface area contributed by atoms with Crippen molar-refractivity contribution in [2.24, 2.45) is 0 Å². The summed E-state index contributed by atoms with van der Waals surface area (Å²) >= 11 is 0. The second-order valence-corrected chi connectivity index (χ2v) is 2.48. The van der Waals surface area contributed by atoms with Crippen LogP contribution in [0.4, 0.5) is 17.6 Å². The van der Waals surface area contributed by atoms with Crippen LogP contribution < -0.4 is 0 Å². The van der Waals surface area contributed by atoms with Gasteiger partial charge in [0, 0.05) is 6.92 Å². The predicted molar refractivity (Wildman–Crippen MR) is 32.2 cm³/mol. The standard InChI is InChI=1S/C6H8F4O2/c1-4(11)12-3-5(2,7)6(8,9)10/h3H2,1-2H3. The van der Waals surface area contributed by atoms with Crippen LogP contribution in [0.15, 0.2) is 0 Å². The maximum atomic E-state index is 12.6. The van der Waals surface area contributed by atoms with Crippen LogP contribution in [0, 0.1) is 0 Å². The number of hydrogen-bond acceptors (Lipinski definition) is 2. The second-order valence-electron chi connectivity index (χ2n) is 2.48. The molecule has 0 aromatic rings. The summed E-state index contributed by atoms with van der Waals surface area (Å²) in [7, 11) is 0. The van der Waals surface area contributed by atoms with Crippen molar-refractivity contribution in [1.29, 1.82) is 0 Å². The molecule has 0 N–H and O–H groups in total. The molecule has 0 saturated heterocycles. The van der Waals surface area contributed by atoms with Crippen molar-refractivity contribution in [2.75, 3.05) is 6.61 Å². The van der Waals surface area contributed by atoms with Gasteiger partial charge in [0.05, 0.1) is 0 Å². The Morgan fingerprint density at radius 1 is 1.33 bits per heavy atom. The van der Waals surface area contributed by atoms with E-state index in [1.165, 1.54) is 0 Å². The minimum atomic E-state index is -5.01. The van der Waals surface area contributed by atoms with Crippen LogP contribution in [-0.4, -0.2) is 24.4 Å².